The van der Waals surface area contributed by atoms with Crippen molar-refractivity contribution in [3.05, 3.63) is 68.2 Å². The third-order valence-electron chi connectivity index (χ3n) is 4.16. The van der Waals surface area contributed by atoms with Crippen molar-refractivity contribution in [2.75, 3.05) is 5.43 Å². The summed E-state index contributed by atoms with van der Waals surface area (Å²) in [6, 6.07) is 11.9. The Morgan fingerprint density at radius 3 is 2.71 bits per heavy atom. The molecular weight excluding hydrogens is 504 g/mol. The minimum atomic E-state index is 0.123. The monoisotopic (exact) mass is 516 g/mol. The zero-order chi connectivity index (χ0) is 19.7. The van der Waals surface area contributed by atoms with Crippen LogP contribution in [0.25, 0.3) is 21.3 Å². The molecule has 0 radical (unpaired) electrons. The van der Waals surface area contributed by atoms with Gasteiger partial charge >= 0.3 is 0 Å². The smallest absolute Gasteiger partial charge is 0.159 e. The molecule has 28 heavy (non-hydrogen) atoms. The Morgan fingerprint density at radius 2 is 1.93 bits per heavy atom. The topological polar surface area (TPSA) is 70.4 Å². The average Bonchev–Trinajstić information content (AvgIpc) is 3.11. The highest BCUT2D eigenvalue weighted by molar-refractivity contribution is 9.11. The molecule has 0 spiro atoms. The number of rotatable bonds is 4. The summed E-state index contributed by atoms with van der Waals surface area (Å²) in [4.78, 5) is 9.62. The average molecular weight is 518 g/mol. The predicted molar refractivity (Wildman–Crippen MR) is 122 cm³/mol. The summed E-state index contributed by atoms with van der Waals surface area (Å²) >= 11 is 8.30. The van der Waals surface area contributed by atoms with E-state index in [2.05, 4.69) is 88.9 Å². The number of nitrogens with zero attached hydrogens (tertiary/aromatic N) is 3. The number of aromatic hydroxyl groups is 1. The maximum absolute atomic E-state index is 10.2. The van der Waals surface area contributed by atoms with Gasteiger partial charge in [-0.05, 0) is 40.5 Å². The molecule has 0 unspecified atom stereocenters. The van der Waals surface area contributed by atoms with E-state index in [0.29, 0.717) is 15.9 Å². The number of phenolic OH excluding ortho intramolecular Hbond substituents is 1. The van der Waals surface area contributed by atoms with Crippen molar-refractivity contribution >= 4 is 65.4 Å². The first-order valence-corrected chi connectivity index (χ1v) is 10.8. The van der Waals surface area contributed by atoms with E-state index < -0.39 is 0 Å². The van der Waals surface area contributed by atoms with Crippen LogP contribution in [-0.2, 0) is 0 Å². The number of benzene rings is 2. The molecule has 140 valence electrons. The number of aryl methyl sites for hydroxylation is 1. The van der Waals surface area contributed by atoms with Gasteiger partial charge in [0.15, 0.2) is 5.82 Å². The molecule has 2 N–H and O–H groups in total. The van der Waals surface area contributed by atoms with Crippen molar-refractivity contribution in [3.63, 3.8) is 0 Å². The minimum Gasteiger partial charge on any atom is -0.506 e. The molecule has 2 heterocycles. The van der Waals surface area contributed by atoms with Gasteiger partial charge in [0.2, 0.25) is 0 Å². The van der Waals surface area contributed by atoms with Gasteiger partial charge in [-0.2, -0.15) is 5.10 Å². The van der Waals surface area contributed by atoms with Crippen molar-refractivity contribution in [2.45, 2.75) is 6.92 Å². The molecule has 0 bridgehead atoms. The highest BCUT2D eigenvalue weighted by Crippen LogP contribution is 2.36. The molecule has 8 heteroatoms. The first-order chi connectivity index (χ1) is 13.5. The Bertz CT molecular complexity index is 1190. The largest absolute Gasteiger partial charge is 0.506 e. The van der Waals surface area contributed by atoms with E-state index in [-0.39, 0.29) is 5.75 Å². The van der Waals surface area contributed by atoms with Crippen LogP contribution in [0.3, 0.4) is 0 Å². The molecule has 0 fully saturated rings. The number of nitrogens with one attached hydrogen (secondary N) is 1. The van der Waals surface area contributed by atoms with E-state index in [9.17, 15) is 5.11 Å². The fourth-order valence-corrected chi connectivity index (χ4v) is 4.93. The zero-order valence-electron chi connectivity index (χ0n) is 14.6. The van der Waals surface area contributed by atoms with Gasteiger partial charge in [-0.25, -0.2) is 9.97 Å². The van der Waals surface area contributed by atoms with Crippen LogP contribution in [0.1, 0.15) is 11.1 Å². The number of phenols is 1. The quantitative estimate of drug-likeness (QED) is 0.244. The van der Waals surface area contributed by atoms with E-state index in [4.69, 9.17) is 0 Å². The van der Waals surface area contributed by atoms with E-state index in [1.807, 2.05) is 0 Å². The molecule has 0 saturated carbocycles. The summed E-state index contributed by atoms with van der Waals surface area (Å²) in [5.41, 5.74) is 6.94. The summed E-state index contributed by atoms with van der Waals surface area (Å²) in [5.74, 6) is 0.740. The van der Waals surface area contributed by atoms with Gasteiger partial charge in [0, 0.05) is 21.0 Å². The predicted octanol–water partition coefficient (Wildman–Crippen LogP) is 6.34. The lowest BCUT2D eigenvalue weighted by atomic mass is 10.0. The molecule has 0 atom stereocenters. The van der Waals surface area contributed by atoms with Crippen LogP contribution in [0.15, 0.2) is 62.2 Å². The summed E-state index contributed by atoms with van der Waals surface area (Å²) in [6.07, 6.45) is 3.07. The Hall–Kier alpha value is -2.29. The third-order valence-corrected chi connectivity index (χ3v) is 6.11. The molecule has 4 rings (SSSR count). The summed E-state index contributed by atoms with van der Waals surface area (Å²) in [5, 5.41) is 17.4. The zero-order valence-corrected chi connectivity index (χ0v) is 18.6. The van der Waals surface area contributed by atoms with Crippen molar-refractivity contribution in [2.24, 2.45) is 5.10 Å². The Balaban J connectivity index is 1.70. The molecule has 2 aromatic carbocycles. The standard InChI is InChI=1S/C20H14Br2N4OS/c1-11-2-4-12(5-3-11)15-9-28-20-17(15)19(23-10-24-20)26-25-8-13-6-14(21)7-16(22)18(13)27/h2-10,27H,1H3,(H,23,24,26)/b25-8-. The lowest BCUT2D eigenvalue weighted by Crippen LogP contribution is -1.96. The number of hydrogen-bond acceptors (Lipinski definition) is 6. The molecule has 0 amide bonds. The van der Waals surface area contributed by atoms with Crippen molar-refractivity contribution < 1.29 is 5.11 Å². The lowest BCUT2D eigenvalue weighted by molar-refractivity contribution is 0.471. The van der Waals surface area contributed by atoms with Crippen LogP contribution < -0.4 is 5.43 Å². The van der Waals surface area contributed by atoms with Crippen molar-refractivity contribution in [3.8, 4) is 16.9 Å². The number of fused-ring (bicyclic) bond motifs is 1. The number of hydrazone groups is 1. The lowest BCUT2D eigenvalue weighted by Gasteiger charge is -2.06. The van der Waals surface area contributed by atoms with Crippen molar-refractivity contribution in [1.29, 1.82) is 0 Å². The number of anilines is 1. The van der Waals surface area contributed by atoms with Crippen LogP contribution in [0.5, 0.6) is 5.75 Å². The molecule has 2 aromatic heterocycles. The highest BCUT2D eigenvalue weighted by Gasteiger charge is 2.13. The second kappa shape index (κ2) is 7.98. The Morgan fingerprint density at radius 1 is 1.14 bits per heavy atom. The van der Waals surface area contributed by atoms with Gasteiger partial charge in [0.05, 0.1) is 16.1 Å². The van der Waals surface area contributed by atoms with Crippen LogP contribution in [-0.4, -0.2) is 21.3 Å². The first-order valence-electron chi connectivity index (χ1n) is 8.29. The van der Waals surface area contributed by atoms with Gasteiger partial charge in [-0.15, -0.1) is 11.3 Å². The number of thiophene rings is 1. The van der Waals surface area contributed by atoms with E-state index in [0.717, 1.165) is 25.8 Å². The van der Waals surface area contributed by atoms with Gasteiger partial charge in [0.1, 0.15) is 16.9 Å². The highest BCUT2D eigenvalue weighted by atomic mass is 79.9. The summed E-state index contributed by atoms with van der Waals surface area (Å²) in [7, 11) is 0. The van der Waals surface area contributed by atoms with E-state index in [1.54, 1.807) is 29.7 Å². The molecule has 0 aliphatic rings. The molecule has 0 saturated heterocycles. The molecule has 5 nitrogen and oxygen atoms in total. The fraction of sp³-hybridized carbons (Fsp3) is 0.0500. The third kappa shape index (κ3) is 3.80. The summed E-state index contributed by atoms with van der Waals surface area (Å²) in [6.45, 7) is 2.07. The fourth-order valence-electron chi connectivity index (χ4n) is 2.75. The Labute approximate surface area is 182 Å². The maximum Gasteiger partial charge on any atom is 0.159 e. The van der Waals surface area contributed by atoms with Crippen LogP contribution in [0.2, 0.25) is 0 Å². The molecule has 0 aliphatic carbocycles. The molecular formula is C20H14Br2N4OS. The van der Waals surface area contributed by atoms with Crippen LogP contribution in [0.4, 0.5) is 5.82 Å². The van der Waals surface area contributed by atoms with Crippen LogP contribution in [0, 0.1) is 6.92 Å². The van der Waals surface area contributed by atoms with Gasteiger partial charge in [-0.3, -0.25) is 5.43 Å². The second-order valence-electron chi connectivity index (χ2n) is 6.11. The number of halogens is 2. The number of aromatic nitrogens is 2. The minimum absolute atomic E-state index is 0.123. The van der Waals surface area contributed by atoms with Gasteiger partial charge in [-0.1, -0.05) is 45.8 Å². The first kappa shape index (κ1) is 19.0. The second-order valence-corrected chi connectivity index (χ2v) is 8.74. The Kier molecular flexibility index (Phi) is 5.43. The van der Waals surface area contributed by atoms with Crippen LogP contribution >= 0.6 is 43.2 Å². The van der Waals surface area contributed by atoms with Crippen molar-refractivity contribution in [1.82, 2.24) is 9.97 Å². The molecule has 4 aromatic rings. The normalized spacial score (nSPS) is 11.4. The van der Waals surface area contributed by atoms with E-state index >= 15 is 0 Å². The van der Waals surface area contributed by atoms with Gasteiger partial charge < -0.3 is 5.11 Å². The maximum atomic E-state index is 10.2. The van der Waals surface area contributed by atoms with E-state index in [1.165, 1.54) is 11.9 Å². The summed E-state index contributed by atoms with van der Waals surface area (Å²) < 4.78 is 1.43. The van der Waals surface area contributed by atoms with Gasteiger partial charge in [0.25, 0.3) is 0 Å². The number of hydrogen-bond donors (Lipinski definition) is 2. The SMILES string of the molecule is Cc1ccc(-c2csc3ncnc(N/N=C\c4cc(Br)cc(Br)c4O)c23)cc1. The molecule has 0 aliphatic heterocycles.